The molecule has 3 heteroatoms. The van der Waals surface area contributed by atoms with Gasteiger partial charge >= 0.3 is 5.97 Å². The van der Waals surface area contributed by atoms with Gasteiger partial charge in [0.05, 0.1) is 12.5 Å². The van der Waals surface area contributed by atoms with Crippen LogP contribution in [0.15, 0.2) is 60.7 Å². The first-order valence-corrected chi connectivity index (χ1v) is 11.3. The molecular weight excluding hydrogens is 382 g/mol. The zero-order valence-electron chi connectivity index (χ0n) is 20.9. The van der Waals surface area contributed by atoms with Crippen LogP contribution < -0.4 is 5.32 Å². The van der Waals surface area contributed by atoms with Crippen LogP contribution >= 0.6 is 0 Å². The number of carbonyl (C=O) groups is 1. The fourth-order valence-corrected chi connectivity index (χ4v) is 2.92. The van der Waals surface area contributed by atoms with Gasteiger partial charge in [-0.2, -0.15) is 0 Å². The van der Waals surface area contributed by atoms with Gasteiger partial charge in [-0.05, 0) is 28.8 Å². The molecule has 0 unspecified atom stereocenters. The van der Waals surface area contributed by atoms with E-state index in [4.69, 9.17) is 4.74 Å². The van der Waals surface area contributed by atoms with E-state index in [9.17, 15) is 4.79 Å². The summed E-state index contributed by atoms with van der Waals surface area (Å²) in [5, 5.41) is 3.15. The normalized spacial score (nSPS) is 11.8. The van der Waals surface area contributed by atoms with Gasteiger partial charge in [0, 0.05) is 23.6 Å². The Morgan fingerprint density at radius 1 is 0.903 bits per heavy atom. The third kappa shape index (κ3) is 8.24. The van der Waals surface area contributed by atoms with Crippen molar-refractivity contribution >= 4 is 11.7 Å². The Bertz CT molecular complexity index is 828. The number of allylic oxidation sites excluding steroid dienone is 1. The van der Waals surface area contributed by atoms with Gasteiger partial charge in [0.25, 0.3) is 0 Å². The molecule has 0 radical (unpaired) electrons. The Morgan fingerprint density at radius 3 is 1.84 bits per heavy atom. The monoisotopic (exact) mass is 423 g/mol. The second-order valence-electron chi connectivity index (χ2n) is 9.21. The highest BCUT2D eigenvalue weighted by Crippen LogP contribution is 2.30. The van der Waals surface area contributed by atoms with Crippen LogP contribution in [0.3, 0.4) is 0 Å². The molecule has 0 aliphatic carbocycles. The molecule has 0 saturated heterocycles. The van der Waals surface area contributed by atoms with E-state index in [1.807, 2.05) is 34.7 Å². The van der Waals surface area contributed by atoms with Crippen molar-refractivity contribution in [2.75, 3.05) is 19.0 Å². The lowest BCUT2D eigenvalue weighted by Gasteiger charge is -2.26. The lowest BCUT2D eigenvalue weighted by Crippen LogP contribution is -2.23. The Labute approximate surface area is 189 Å². The van der Waals surface area contributed by atoms with Crippen molar-refractivity contribution < 1.29 is 9.53 Å². The number of rotatable bonds is 8. The van der Waals surface area contributed by atoms with E-state index in [-0.39, 0.29) is 22.7 Å². The minimum atomic E-state index is -0.211. The predicted octanol–water partition coefficient (Wildman–Crippen LogP) is 7.48. The lowest BCUT2D eigenvalue weighted by molar-refractivity contribution is -0.149. The van der Waals surface area contributed by atoms with E-state index in [1.54, 1.807) is 0 Å². The van der Waals surface area contributed by atoms with E-state index in [1.165, 1.54) is 16.7 Å². The molecule has 0 aliphatic rings. The molecule has 0 aliphatic heterocycles. The van der Waals surface area contributed by atoms with Gasteiger partial charge in [0.2, 0.25) is 0 Å². The number of anilines is 1. The summed E-state index contributed by atoms with van der Waals surface area (Å²) >= 11 is 0. The van der Waals surface area contributed by atoms with Crippen LogP contribution in [-0.2, 0) is 14.9 Å². The number of esters is 1. The van der Waals surface area contributed by atoms with Crippen LogP contribution in [-0.4, -0.2) is 19.6 Å². The van der Waals surface area contributed by atoms with Crippen molar-refractivity contribution in [3.8, 4) is 11.1 Å². The zero-order valence-corrected chi connectivity index (χ0v) is 20.9. The molecule has 0 saturated carbocycles. The average molecular weight is 424 g/mol. The fraction of sp³-hybridized carbons (Fsp3) is 0.464. The van der Waals surface area contributed by atoms with Crippen molar-refractivity contribution in [2.24, 2.45) is 11.3 Å². The van der Waals surface area contributed by atoms with E-state index >= 15 is 0 Å². The molecular formula is C28H41NO2. The summed E-state index contributed by atoms with van der Waals surface area (Å²) in [5.74, 6) is -0.247. The van der Waals surface area contributed by atoms with Crippen molar-refractivity contribution in [2.45, 2.75) is 60.8 Å². The van der Waals surface area contributed by atoms with Gasteiger partial charge in [-0.1, -0.05) is 104 Å². The lowest BCUT2D eigenvalue weighted by atomic mass is 9.81. The minimum absolute atomic E-state index is 0.0980. The van der Waals surface area contributed by atoms with Crippen molar-refractivity contribution in [3.05, 3.63) is 66.2 Å². The molecule has 0 atom stereocenters. The molecule has 3 nitrogen and oxygen atoms in total. The molecule has 0 fully saturated rings. The number of nitrogens with one attached hydrogen (secondary N) is 1. The van der Waals surface area contributed by atoms with Crippen LogP contribution in [0.2, 0.25) is 0 Å². The molecule has 0 spiro atoms. The Kier molecular flexibility index (Phi) is 10.0. The third-order valence-corrected chi connectivity index (χ3v) is 5.14. The quantitative estimate of drug-likeness (QED) is 0.353. The Hall–Kier alpha value is -2.55. The van der Waals surface area contributed by atoms with Crippen molar-refractivity contribution in [3.63, 3.8) is 0 Å². The Morgan fingerprint density at radius 2 is 1.39 bits per heavy atom. The highest BCUT2D eigenvalue weighted by molar-refractivity contribution is 5.71. The summed E-state index contributed by atoms with van der Waals surface area (Å²) in [6, 6.07) is 17.2. The van der Waals surface area contributed by atoms with Crippen molar-refractivity contribution in [1.82, 2.24) is 0 Å². The van der Waals surface area contributed by atoms with Gasteiger partial charge in [0.1, 0.15) is 0 Å². The first kappa shape index (κ1) is 26.5. The predicted molar refractivity (Wildman–Crippen MR) is 135 cm³/mol. The Balaban J connectivity index is 0.00000233. The summed E-state index contributed by atoms with van der Waals surface area (Å²) in [6.07, 6.45) is 4.37. The van der Waals surface area contributed by atoms with Gasteiger partial charge < -0.3 is 10.1 Å². The summed E-state index contributed by atoms with van der Waals surface area (Å²) < 4.78 is 5.43. The maximum absolute atomic E-state index is 11.7. The molecule has 0 heterocycles. The number of carbonyl (C=O) groups excluding carboxylic acids is 1. The van der Waals surface area contributed by atoms with Crippen LogP contribution in [0.25, 0.3) is 11.1 Å². The summed E-state index contributed by atoms with van der Waals surface area (Å²) in [7, 11) is 1.93. The fourth-order valence-electron chi connectivity index (χ4n) is 2.92. The molecule has 2 rings (SSSR count). The van der Waals surface area contributed by atoms with Crippen LogP contribution in [0.4, 0.5) is 5.69 Å². The van der Waals surface area contributed by atoms with Crippen LogP contribution in [0.1, 0.15) is 61.0 Å². The number of hydrogen-bond donors (Lipinski definition) is 1. The molecule has 170 valence electrons. The summed E-state index contributed by atoms with van der Waals surface area (Å²) in [4.78, 5) is 11.7. The van der Waals surface area contributed by atoms with Gasteiger partial charge in [-0.15, -0.1) is 0 Å². The standard InChI is InChI=1S/C26H35NO2.C2H6/c1-19(2)24(28)29-18-25(3,4)16-17-26(5,6)22-12-8-20(9-13-22)21-10-14-23(27-7)15-11-21;1-2/h8-17,19,27H,18H2,1-7H3;1-2H3/b17-16+;. The number of ether oxygens (including phenoxy) is 1. The molecule has 0 aromatic heterocycles. The molecule has 0 amide bonds. The molecule has 0 bridgehead atoms. The van der Waals surface area contributed by atoms with Gasteiger partial charge in [0.15, 0.2) is 0 Å². The average Bonchev–Trinajstić information content (AvgIpc) is 2.78. The van der Waals surface area contributed by atoms with Gasteiger partial charge in [-0.3, -0.25) is 4.79 Å². The van der Waals surface area contributed by atoms with E-state index in [2.05, 4.69) is 93.7 Å². The first-order chi connectivity index (χ1) is 14.5. The highest BCUT2D eigenvalue weighted by Gasteiger charge is 2.22. The number of benzene rings is 2. The summed E-state index contributed by atoms with van der Waals surface area (Å²) in [6.45, 7) is 16.7. The van der Waals surface area contributed by atoms with Crippen LogP contribution in [0, 0.1) is 11.3 Å². The van der Waals surface area contributed by atoms with E-state index < -0.39 is 0 Å². The van der Waals surface area contributed by atoms with Crippen LogP contribution in [0.5, 0.6) is 0 Å². The minimum Gasteiger partial charge on any atom is -0.465 e. The second-order valence-corrected chi connectivity index (χ2v) is 9.21. The van der Waals surface area contributed by atoms with E-state index in [0.717, 1.165) is 5.69 Å². The maximum atomic E-state index is 11.7. The summed E-state index contributed by atoms with van der Waals surface area (Å²) in [5.41, 5.74) is 4.44. The second kappa shape index (κ2) is 11.7. The van der Waals surface area contributed by atoms with Crippen molar-refractivity contribution in [1.29, 1.82) is 0 Å². The first-order valence-electron chi connectivity index (χ1n) is 11.3. The number of hydrogen-bond acceptors (Lipinski definition) is 3. The third-order valence-electron chi connectivity index (χ3n) is 5.14. The smallest absolute Gasteiger partial charge is 0.308 e. The molecule has 2 aromatic rings. The maximum Gasteiger partial charge on any atom is 0.308 e. The molecule has 31 heavy (non-hydrogen) atoms. The highest BCUT2D eigenvalue weighted by atomic mass is 16.5. The zero-order chi connectivity index (χ0) is 23.7. The largest absolute Gasteiger partial charge is 0.465 e. The van der Waals surface area contributed by atoms with E-state index in [0.29, 0.717) is 6.61 Å². The molecule has 1 N–H and O–H groups in total. The SMILES string of the molecule is CC.CNc1ccc(-c2ccc(C(C)(C)/C=C/C(C)(C)COC(=O)C(C)C)cc2)cc1. The topological polar surface area (TPSA) is 38.3 Å². The van der Waals surface area contributed by atoms with Gasteiger partial charge in [-0.25, -0.2) is 0 Å². The molecule has 2 aromatic carbocycles.